The molecular weight excluding hydrogens is 290 g/mol. The van der Waals surface area contributed by atoms with Gasteiger partial charge in [-0.1, -0.05) is 0 Å². The molecule has 1 aromatic heterocycles. The Bertz CT molecular complexity index is 871. The predicted octanol–water partition coefficient (Wildman–Crippen LogP) is 2.83. The van der Waals surface area contributed by atoms with Gasteiger partial charge in [0.2, 0.25) is 0 Å². The number of aromatic nitrogens is 1. The van der Waals surface area contributed by atoms with E-state index < -0.39 is 0 Å². The zero-order valence-electron chi connectivity index (χ0n) is 12.9. The summed E-state index contributed by atoms with van der Waals surface area (Å²) in [5.74, 6) is 0. The molecule has 1 N–H and O–H groups in total. The van der Waals surface area contributed by atoms with Gasteiger partial charge in [-0.2, -0.15) is 15.8 Å². The average Bonchev–Trinajstić information content (AvgIpc) is 2.87. The first kappa shape index (κ1) is 16.1. The smallest absolute Gasteiger partial charge is 0.163 e. The van der Waals surface area contributed by atoms with Crippen molar-refractivity contribution in [3.05, 3.63) is 41.2 Å². The van der Waals surface area contributed by atoms with Gasteiger partial charge in [-0.05, 0) is 31.2 Å². The predicted molar refractivity (Wildman–Crippen MR) is 86.0 cm³/mol. The molecule has 1 heterocycles. The molecule has 0 radical (unpaired) electrons. The Labute approximate surface area is 134 Å². The van der Waals surface area contributed by atoms with Crippen LogP contribution in [-0.4, -0.2) is 18.3 Å². The van der Waals surface area contributed by atoms with E-state index in [9.17, 15) is 0 Å². The number of allylic oxidation sites excluding steroid dienone is 2. The van der Waals surface area contributed by atoms with Crippen molar-refractivity contribution in [3.8, 4) is 18.2 Å². The quantitative estimate of drug-likeness (QED) is 0.856. The molecule has 2 rings (SSSR count). The van der Waals surface area contributed by atoms with Crippen LogP contribution in [0.15, 0.2) is 35.5 Å². The van der Waals surface area contributed by atoms with Crippen molar-refractivity contribution in [1.29, 1.82) is 15.8 Å². The molecule has 0 amide bonds. The van der Waals surface area contributed by atoms with Crippen LogP contribution in [0.3, 0.4) is 0 Å². The lowest BCUT2D eigenvalue weighted by Crippen LogP contribution is -2.05. The Balaban J connectivity index is 2.39. The van der Waals surface area contributed by atoms with Gasteiger partial charge < -0.3 is 14.6 Å². The lowest BCUT2D eigenvalue weighted by atomic mass is 10.2. The average molecular weight is 305 g/mol. The largest absolute Gasteiger partial charge is 0.383 e. The SMILES string of the molecule is COCCn1c(C)cc2cc(NC(C#N)=C(C#N)C#N)ccc21. The third kappa shape index (κ3) is 3.32. The highest BCUT2D eigenvalue weighted by Crippen LogP contribution is 2.24. The van der Waals surface area contributed by atoms with Crippen LogP contribution in [0.4, 0.5) is 5.69 Å². The van der Waals surface area contributed by atoms with Gasteiger partial charge >= 0.3 is 0 Å². The minimum atomic E-state index is -0.235. The van der Waals surface area contributed by atoms with Crippen molar-refractivity contribution in [2.75, 3.05) is 19.0 Å². The van der Waals surface area contributed by atoms with E-state index in [-0.39, 0.29) is 11.3 Å². The number of hydrogen-bond acceptors (Lipinski definition) is 5. The van der Waals surface area contributed by atoms with Crippen molar-refractivity contribution in [2.24, 2.45) is 0 Å². The maximum Gasteiger partial charge on any atom is 0.163 e. The molecular formula is C17H15N5O. The van der Waals surface area contributed by atoms with Crippen LogP contribution in [0.1, 0.15) is 5.69 Å². The first-order chi connectivity index (χ1) is 11.1. The number of aryl methyl sites for hydroxylation is 1. The normalized spacial score (nSPS) is 9.70. The maximum absolute atomic E-state index is 9.09. The second kappa shape index (κ2) is 7.13. The minimum Gasteiger partial charge on any atom is -0.383 e. The lowest BCUT2D eigenvalue weighted by Gasteiger charge is -2.08. The van der Waals surface area contributed by atoms with E-state index in [4.69, 9.17) is 20.5 Å². The van der Waals surface area contributed by atoms with Crippen LogP contribution in [0.2, 0.25) is 0 Å². The van der Waals surface area contributed by atoms with Gasteiger partial charge in [-0.25, -0.2) is 0 Å². The molecule has 0 aliphatic rings. The van der Waals surface area contributed by atoms with Crippen LogP contribution in [0.5, 0.6) is 0 Å². The van der Waals surface area contributed by atoms with E-state index in [1.54, 1.807) is 19.2 Å². The summed E-state index contributed by atoms with van der Waals surface area (Å²) in [5, 5.41) is 30.7. The van der Waals surface area contributed by atoms with Gasteiger partial charge in [0.05, 0.1) is 6.61 Å². The van der Waals surface area contributed by atoms with E-state index >= 15 is 0 Å². The Kier molecular flexibility index (Phi) is 5.00. The van der Waals surface area contributed by atoms with E-state index in [1.165, 1.54) is 0 Å². The first-order valence-corrected chi connectivity index (χ1v) is 6.95. The van der Waals surface area contributed by atoms with E-state index in [0.29, 0.717) is 12.3 Å². The number of rotatable bonds is 5. The highest BCUT2D eigenvalue weighted by atomic mass is 16.5. The van der Waals surface area contributed by atoms with Crippen molar-refractivity contribution >= 4 is 16.6 Å². The van der Waals surface area contributed by atoms with Crippen molar-refractivity contribution in [3.63, 3.8) is 0 Å². The zero-order valence-corrected chi connectivity index (χ0v) is 12.9. The molecule has 114 valence electrons. The molecule has 6 heteroatoms. The van der Waals surface area contributed by atoms with Gasteiger partial charge in [0.25, 0.3) is 0 Å². The fourth-order valence-electron chi connectivity index (χ4n) is 2.39. The van der Waals surface area contributed by atoms with Crippen molar-refractivity contribution in [2.45, 2.75) is 13.5 Å². The molecule has 2 aromatic rings. The molecule has 1 aromatic carbocycles. The summed E-state index contributed by atoms with van der Waals surface area (Å²) >= 11 is 0. The van der Waals surface area contributed by atoms with E-state index in [1.807, 2.05) is 37.3 Å². The lowest BCUT2D eigenvalue weighted by molar-refractivity contribution is 0.188. The standard InChI is InChI=1S/C17H15N5O/c1-12-7-13-8-15(21-16(11-20)14(9-18)10-19)3-4-17(13)22(12)5-6-23-2/h3-4,7-8,21H,5-6H2,1-2H3. The monoisotopic (exact) mass is 305 g/mol. The molecule has 0 atom stereocenters. The molecule has 6 nitrogen and oxygen atoms in total. The summed E-state index contributed by atoms with van der Waals surface area (Å²) in [5.41, 5.74) is 2.54. The fraction of sp³-hybridized carbons (Fsp3) is 0.235. The first-order valence-electron chi connectivity index (χ1n) is 6.95. The zero-order chi connectivity index (χ0) is 16.8. The molecule has 0 aliphatic heterocycles. The number of nitrogens with zero attached hydrogens (tertiary/aromatic N) is 4. The van der Waals surface area contributed by atoms with Crippen LogP contribution >= 0.6 is 0 Å². The van der Waals surface area contributed by atoms with Gasteiger partial charge in [-0.3, -0.25) is 0 Å². The van der Waals surface area contributed by atoms with Crippen molar-refractivity contribution < 1.29 is 4.74 Å². The van der Waals surface area contributed by atoms with E-state index in [0.717, 1.165) is 23.1 Å². The van der Waals surface area contributed by atoms with Gasteiger partial charge in [0, 0.05) is 35.9 Å². The summed E-state index contributed by atoms with van der Waals surface area (Å²) in [7, 11) is 1.67. The third-order valence-electron chi connectivity index (χ3n) is 3.48. The summed E-state index contributed by atoms with van der Waals surface area (Å²) in [4.78, 5) is 0. The number of nitrogens with one attached hydrogen (secondary N) is 1. The third-order valence-corrected chi connectivity index (χ3v) is 3.48. The second-order valence-electron chi connectivity index (χ2n) is 4.91. The highest BCUT2D eigenvalue weighted by Gasteiger charge is 2.09. The molecule has 0 spiro atoms. The summed E-state index contributed by atoms with van der Waals surface area (Å²) < 4.78 is 7.28. The van der Waals surface area contributed by atoms with Crippen LogP contribution in [0.25, 0.3) is 10.9 Å². The number of ether oxygens (including phenoxy) is 1. The second-order valence-corrected chi connectivity index (χ2v) is 4.91. The van der Waals surface area contributed by atoms with Crippen molar-refractivity contribution in [1.82, 2.24) is 4.57 Å². The Morgan fingerprint density at radius 2 is 1.91 bits per heavy atom. The molecule has 23 heavy (non-hydrogen) atoms. The summed E-state index contributed by atoms with van der Waals surface area (Å²) in [6.45, 7) is 3.40. The molecule has 0 unspecified atom stereocenters. The maximum atomic E-state index is 9.09. The number of nitriles is 3. The Morgan fingerprint density at radius 1 is 1.17 bits per heavy atom. The molecule has 0 fully saturated rings. The number of anilines is 1. The Hall–Kier alpha value is -3.27. The molecule has 0 bridgehead atoms. The van der Waals surface area contributed by atoms with Crippen LogP contribution in [-0.2, 0) is 11.3 Å². The fourth-order valence-corrected chi connectivity index (χ4v) is 2.39. The van der Waals surface area contributed by atoms with E-state index in [2.05, 4.69) is 9.88 Å². The summed E-state index contributed by atoms with van der Waals surface area (Å²) in [6.07, 6.45) is 0. The van der Waals surface area contributed by atoms with Crippen LogP contribution < -0.4 is 5.32 Å². The number of fused-ring (bicyclic) bond motifs is 1. The van der Waals surface area contributed by atoms with Gasteiger partial charge in [0.15, 0.2) is 5.57 Å². The molecule has 0 saturated carbocycles. The minimum absolute atomic E-state index is 0.0510. The summed E-state index contributed by atoms with van der Waals surface area (Å²) in [6, 6.07) is 13.0. The topological polar surface area (TPSA) is 97.6 Å². The van der Waals surface area contributed by atoms with Gasteiger partial charge in [0.1, 0.15) is 23.9 Å². The number of methoxy groups -OCH3 is 1. The number of benzene rings is 1. The van der Waals surface area contributed by atoms with Gasteiger partial charge in [-0.15, -0.1) is 0 Å². The van der Waals surface area contributed by atoms with Crippen LogP contribution in [0, 0.1) is 40.9 Å². The highest BCUT2D eigenvalue weighted by molar-refractivity contribution is 5.85. The molecule has 0 aliphatic carbocycles. The Morgan fingerprint density at radius 3 is 2.52 bits per heavy atom. The molecule has 0 saturated heterocycles. The number of hydrogen-bond donors (Lipinski definition) is 1.